The number of rotatable bonds is 0. The van der Waals surface area contributed by atoms with Crippen LogP contribution in [0.5, 0.6) is 0 Å². The topological polar surface area (TPSA) is 20.2 Å². The third-order valence-electron chi connectivity index (χ3n) is 2.48. The molecule has 2 atom stereocenters. The molecule has 14 heavy (non-hydrogen) atoms. The Hall–Kier alpha value is -0.0600. The Morgan fingerprint density at radius 2 is 2.29 bits per heavy atom. The first-order valence-electron chi connectivity index (χ1n) is 4.37. The Kier molecular flexibility index (Phi) is 2.86. The standard InChI is InChI=1S/C10H10BrFOS/c1-5-10(13)9-6(4-14-5)7(11)2-3-8(9)12/h2-3,5,10,13H,4H2,1H3. The third-order valence-corrected chi connectivity index (χ3v) is 4.46. The van der Waals surface area contributed by atoms with Gasteiger partial charge in [-0.1, -0.05) is 22.9 Å². The van der Waals surface area contributed by atoms with E-state index in [9.17, 15) is 9.50 Å². The van der Waals surface area contributed by atoms with Gasteiger partial charge in [0.25, 0.3) is 0 Å². The van der Waals surface area contributed by atoms with Crippen molar-refractivity contribution in [3.05, 3.63) is 33.5 Å². The van der Waals surface area contributed by atoms with Crippen LogP contribution in [0.4, 0.5) is 4.39 Å². The van der Waals surface area contributed by atoms with Crippen LogP contribution in [0.25, 0.3) is 0 Å². The van der Waals surface area contributed by atoms with E-state index in [0.29, 0.717) is 5.56 Å². The highest BCUT2D eigenvalue weighted by molar-refractivity contribution is 9.10. The van der Waals surface area contributed by atoms with Crippen molar-refractivity contribution in [3.63, 3.8) is 0 Å². The first-order valence-corrected chi connectivity index (χ1v) is 6.22. The van der Waals surface area contributed by atoms with Gasteiger partial charge < -0.3 is 5.11 Å². The van der Waals surface area contributed by atoms with Gasteiger partial charge in [-0.25, -0.2) is 4.39 Å². The number of halogens is 2. The van der Waals surface area contributed by atoms with E-state index in [1.54, 1.807) is 17.8 Å². The van der Waals surface area contributed by atoms with E-state index >= 15 is 0 Å². The summed E-state index contributed by atoms with van der Waals surface area (Å²) in [4.78, 5) is 0. The highest BCUT2D eigenvalue weighted by Crippen LogP contribution is 2.41. The predicted octanol–water partition coefficient (Wildman–Crippen LogP) is 3.26. The lowest BCUT2D eigenvalue weighted by Gasteiger charge is -2.28. The number of thioether (sulfide) groups is 1. The Balaban J connectivity index is 2.58. The van der Waals surface area contributed by atoms with Crippen molar-refractivity contribution >= 4 is 27.7 Å². The fraction of sp³-hybridized carbons (Fsp3) is 0.400. The number of aliphatic hydroxyl groups is 1. The fourth-order valence-electron chi connectivity index (χ4n) is 1.62. The van der Waals surface area contributed by atoms with Crippen LogP contribution in [-0.2, 0) is 5.75 Å². The summed E-state index contributed by atoms with van der Waals surface area (Å²) in [6.45, 7) is 1.92. The zero-order chi connectivity index (χ0) is 10.3. The second kappa shape index (κ2) is 3.83. The lowest BCUT2D eigenvalue weighted by molar-refractivity contribution is 0.172. The third kappa shape index (κ3) is 1.59. The van der Waals surface area contributed by atoms with Gasteiger partial charge >= 0.3 is 0 Å². The Morgan fingerprint density at radius 3 is 3.00 bits per heavy atom. The molecule has 1 heterocycles. The molecule has 0 saturated carbocycles. The minimum absolute atomic E-state index is 0.0614. The van der Waals surface area contributed by atoms with Gasteiger partial charge in [-0.05, 0) is 17.7 Å². The molecule has 1 aromatic rings. The molecule has 1 aliphatic heterocycles. The van der Waals surface area contributed by atoms with Gasteiger partial charge in [0.15, 0.2) is 0 Å². The molecule has 0 bridgehead atoms. The summed E-state index contributed by atoms with van der Waals surface area (Å²) in [5, 5.41) is 9.91. The van der Waals surface area contributed by atoms with Gasteiger partial charge in [-0.15, -0.1) is 0 Å². The smallest absolute Gasteiger partial charge is 0.129 e. The van der Waals surface area contributed by atoms with E-state index in [0.717, 1.165) is 15.8 Å². The van der Waals surface area contributed by atoms with Crippen LogP contribution in [0, 0.1) is 5.82 Å². The zero-order valence-electron chi connectivity index (χ0n) is 7.63. The average Bonchev–Trinajstić information content (AvgIpc) is 2.16. The molecule has 1 N–H and O–H groups in total. The van der Waals surface area contributed by atoms with E-state index < -0.39 is 6.10 Å². The number of aliphatic hydroxyl groups excluding tert-OH is 1. The maximum Gasteiger partial charge on any atom is 0.129 e. The predicted molar refractivity (Wildman–Crippen MR) is 59.8 cm³/mol. The van der Waals surface area contributed by atoms with Crippen molar-refractivity contribution in [3.8, 4) is 0 Å². The first kappa shape index (κ1) is 10.5. The van der Waals surface area contributed by atoms with E-state index in [1.807, 2.05) is 6.92 Å². The van der Waals surface area contributed by atoms with Crippen molar-refractivity contribution in [2.24, 2.45) is 0 Å². The molecule has 0 amide bonds. The number of fused-ring (bicyclic) bond motifs is 1. The van der Waals surface area contributed by atoms with Crippen molar-refractivity contribution in [1.29, 1.82) is 0 Å². The van der Waals surface area contributed by atoms with Crippen LogP contribution in [-0.4, -0.2) is 10.4 Å². The van der Waals surface area contributed by atoms with Crippen molar-refractivity contribution in [2.75, 3.05) is 0 Å². The molecule has 1 nitrogen and oxygen atoms in total. The summed E-state index contributed by atoms with van der Waals surface area (Å²) in [5.74, 6) is 0.453. The molecule has 1 aliphatic rings. The molecular weight excluding hydrogens is 267 g/mol. The number of hydrogen-bond donors (Lipinski definition) is 1. The molecule has 2 unspecified atom stereocenters. The van der Waals surface area contributed by atoms with Crippen LogP contribution in [0.3, 0.4) is 0 Å². The maximum atomic E-state index is 13.5. The quantitative estimate of drug-likeness (QED) is 0.785. The Morgan fingerprint density at radius 1 is 1.57 bits per heavy atom. The molecule has 1 aromatic carbocycles. The molecule has 0 saturated heterocycles. The number of hydrogen-bond acceptors (Lipinski definition) is 2. The zero-order valence-corrected chi connectivity index (χ0v) is 10.0. The minimum Gasteiger partial charge on any atom is -0.387 e. The Labute approximate surface area is 94.8 Å². The molecule has 0 spiro atoms. The molecule has 2 rings (SSSR count). The molecule has 0 fully saturated rings. The van der Waals surface area contributed by atoms with E-state index in [-0.39, 0.29) is 11.1 Å². The second-order valence-corrected chi connectivity index (χ2v) is 5.60. The highest BCUT2D eigenvalue weighted by Gasteiger charge is 2.29. The monoisotopic (exact) mass is 276 g/mol. The van der Waals surface area contributed by atoms with Gasteiger partial charge in [0.2, 0.25) is 0 Å². The minimum atomic E-state index is -0.693. The summed E-state index contributed by atoms with van der Waals surface area (Å²) in [7, 11) is 0. The summed E-state index contributed by atoms with van der Waals surface area (Å²) in [5.41, 5.74) is 1.35. The van der Waals surface area contributed by atoms with E-state index in [4.69, 9.17) is 0 Å². The molecule has 4 heteroatoms. The Bertz CT molecular complexity index is 369. The largest absolute Gasteiger partial charge is 0.387 e. The second-order valence-electron chi connectivity index (χ2n) is 3.38. The van der Waals surface area contributed by atoms with Gasteiger partial charge in [-0.2, -0.15) is 11.8 Å². The van der Waals surface area contributed by atoms with Crippen LogP contribution >= 0.6 is 27.7 Å². The van der Waals surface area contributed by atoms with Crippen molar-refractivity contribution < 1.29 is 9.50 Å². The van der Waals surface area contributed by atoms with Crippen LogP contribution in [0.2, 0.25) is 0 Å². The maximum absolute atomic E-state index is 13.5. The summed E-state index contributed by atoms with van der Waals surface area (Å²) < 4.78 is 14.4. The summed E-state index contributed by atoms with van der Waals surface area (Å²) >= 11 is 5.02. The molecule has 0 aliphatic carbocycles. The molecule has 76 valence electrons. The number of benzene rings is 1. The van der Waals surface area contributed by atoms with E-state index in [1.165, 1.54) is 6.07 Å². The average molecular weight is 277 g/mol. The lowest BCUT2D eigenvalue weighted by Crippen LogP contribution is -2.20. The van der Waals surface area contributed by atoms with Gasteiger partial charge in [0, 0.05) is 21.0 Å². The summed E-state index contributed by atoms with van der Waals surface area (Å²) in [6.07, 6.45) is -0.693. The van der Waals surface area contributed by atoms with Gasteiger partial charge in [0.05, 0.1) is 6.10 Å². The van der Waals surface area contributed by atoms with Crippen LogP contribution in [0.1, 0.15) is 24.2 Å². The first-order chi connectivity index (χ1) is 6.61. The normalized spacial score (nSPS) is 26.0. The van der Waals surface area contributed by atoms with E-state index in [2.05, 4.69) is 15.9 Å². The molecular formula is C10H10BrFOS. The highest BCUT2D eigenvalue weighted by atomic mass is 79.9. The molecule has 0 aromatic heterocycles. The lowest BCUT2D eigenvalue weighted by atomic mass is 10.00. The van der Waals surface area contributed by atoms with Crippen molar-refractivity contribution in [2.45, 2.75) is 24.0 Å². The van der Waals surface area contributed by atoms with Crippen LogP contribution < -0.4 is 0 Å². The fourth-order valence-corrected chi connectivity index (χ4v) is 3.35. The van der Waals surface area contributed by atoms with Crippen molar-refractivity contribution in [1.82, 2.24) is 0 Å². The SMILES string of the molecule is CC1SCc2c(Br)ccc(F)c2C1O. The molecule has 0 radical (unpaired) electrons. The van der Waals surface area contributed by atoms with Crippen LogP contribution in [0.15, 0.2) is 16.6 Å². The van der Waals surface area contributed by atoms with Gasteiger partial charge in [0.1, 0.15) is 5.82 Å². The summed E-state index contributed by atoms with van der Waals surface area (Å²) in [6, 6.07) is 3.09. The van der Waals surface area contributed by atoms with Gasteiger partial charge in [-0.3, -0.25) is 0 Å².